The number of rotatable bonds is 7. The van der Waals surface area contributed by atoms with Crippen LogP contribution < -0.4 is 11.1 Å². The minimum atomic E-state index is -0.557. The molecule has 0 aliphatic carbocycles. The van der Waals surface area contributed by atoms with E-state index in [4.69, 9.17) is 17.3 Å². The van der Waals surface area contributed by atoms with Gasteiger partial charge in [0.05, 0.1) is 6.54 Å². The zero-order chi connectivity index (χ0) is 25.0. The van der Waals surface area contributed by atoms with Gasteiger partial charge in [0.25, 0.3) is 0 Å². The van der Waals surface area contributed by atoms with Crippen molar-refractivity contribution >= 4 is 29.3 Å². The number of carbonyl (C=O) groups is 3. The summed E-state index contributed by atoms with van der Waals surface area (Å²) in [5.41, 5.74) is 6.55. The number of nitrogens with two attached hydrogens (primary N) is 1. The van der Waals surface area contributed by atoms with Crippen molar-refractivity contribution in [3.63, 3.8) is 0 Å². The summed E-state index contributed by atoms with van der Waals surface area (Å²) >= 11 is 6.06. The first-order valence-electron chi connectivity index (χ1n) is 12.3. The average Bonchev–Trinajstić information content (AvgIpc) is 2.77. The van der Waals surface area contributed by atoms with Gasteiger partial charge in [-0.1, -0.05) is 51.4 Å². The Labute approximate surface area is 208 Å². The second kappa shape index (κ2) is 11.1. The van der Waals surface area contributed by atoms with Crippen molar-refractivity contribution in [2.45, 2.75) is 58.9 Å². The van der Waals surface area contributed by atoms with E-state index in [0.29, 0.717) is 44.9 Å². The smallest absolute Gasteiger partial charge is 0.245 e. The molecule has 2 saturated heterocycles. The van der Waals surface area contributed by atoms with Gasteiger partial charge in [-0.25, -0.2) is 0 Å². The molecule has 2 heterocycles. The van der Waals surface area contributed by atoms with E-state index < -0.39 is 6.04 Å². The molecule has 0 spiro atoms. The van der Waals surface area contributed by atoms with E-state index in [-0.39, 0.29) is 41.5 Å². The lowest BCUT2D eigenvalue weighted by atomic mass is 9.70. The lowest BCUT2D eigenvalue weighted by Gasteiger charge is -2.45. The molecule has 0 radical (unpaired) electrons. The third-order valence-corrected chi connectivity index (χ3v) is 7.67. The van der Waals surface area contributed by atoms with Gasteiger partial charge in [-0.15, -0.1) is 0 Å². The van der Waals surface area contributed by atoms with E-state index in [1.165, 1.54) is 5.56 Å². The minimum Gasteiger partial charge on any atom is -0.369 e. The highest BCUT2D eigenvalue weighted by Crippen LogP contribution is 2.42. The number of primary amides is 1. The maximum absolute atomic E-state index is 13.5. The Hall–Kier alpha value is -2.12. The zero-order valence-corrected chi connectivity index (χ0v) is 21.6. The molecule has 8 heteroatoms. The van der Waals surface area contributed by atoms with Crippen LogP contribution in [0.2, 0.25) is 5.02 Å². The predicted molar refractivity (Wildman–Crippen MR) is 134 cm³/mol. The van der Waals surface area contributed by atoms with Gasteiger partial charge in [-0.05, 0) is 67.3 Å². The summed E-state index contributed by atoms with van der Waals surface area (Å²) in [5, 5.41) is 3.72. The third kappa shape index (κ3) is 6.51. The number of carbonyl (C=O) groups excluding carboxylic acids is 3. The maximum Gasteiger partial charge on any atom is 0.245 e. The lowest BCUT2D eigenvalue weighted by Crippen LogP contribution is -2.57. The fourth-order valence-electron chi connectivity index (χ4n) is 5.37. The van der Waals surface area contributed by atoms with Crippen LogP contribution >= 0.6 is 11.6 Å². The Kier molecular flexibility index (Phi) is 8.63. The number of benzene rings is 1. The Balaban J connectivity index is 1.58. The Morgan fingerprint density at radius 1 is 1.09 bits per heavy atom. The molecule has 0 bridgehead atoms. The first kappa shape index (κ1) is 26.5. The van der Waals surface area contributed by atoms with E-state index in [1.54, 1.807) is 0 Å². The number of likely N-dealkylation sites (tertiary alicyclic amines) is 2. The number of nitrogens with one attached hydrogen (secondary N) is 1. The van der Waals surface area contributed by atoms with E-state index >= 15 is 0 Å². The van der Waals surface area contributed by atoms with Gasteiger partial charge in [0.15, 0.2) is 0 Å². The summed E-state index contributed by atoms with van der Waals surface area (Å²) in [6.07, 6.45) is 2.22. The summed E-state index contributed by atoms with van der Waals surface area (Å²) in [6, 6.07) is 7.44. The second-order valence-electron chi connectivity index (χ2n) is 10.9. The standard InChI is InChI=1S/C26H39ClN4O3/c1-17(2)23(29-22(32)15-30-12-9-19(10-13-30)24(28)33)25(34)31-14-11-21(26(3,4)16-31)18-5-7-20(27)8-6-18/h5-8,17,19,21,23H,9-16H2,1-4H3,(H2,28,33)(H,29,32)/t21?,23-/m1/s1. The van der Waals surface area contributed by atoms with Crippen LogP contribution in [0.1, 0.15) is 58.4 Å². The van der Waals surface area contributed by atoms with E-state index in [9.17, 15) is 14.4 Å². The summed E-state index contributed by atoms with van der Waals surface area (Å²) in [7, 11) is 0. The van der Waals surface area contributed by atoms with E-state index in [2.05, 4.69) is 31.3 Å². The maximum atomic E-state index is 13.5. The van der Waals surface area contributed by atoms with E-state index in [0.717, 1.165) is 11.4 Å². The van der Waals surface area contributed by atoms with Crippen LogP contribution in [0.3, 0.4) is 0 Å². The van der Waals surface area contributed by atoms with Crippen LogP contribution in [0, 0.1) is 17.3 Å². The average molecular weight is 491 g/mol. The molecule has 2 fully saturated rings. The van der Waals surface area contributed by atoms with E-state index in [1.807, 2.05) is 35.8 Å². The van der Waals surface area contributed by atoms with Gasteiger partial charge in [0.2, 0.25) is 17.7 Å². The van der Waals surface area contributed by atoms with Gasteiger partial charge in [-0.2, -0.15) is 0 Å². The minimum absolute atomic E-state index is 0.0154. The number of hydrogen-bond acceptors (Lipinski definition) is 4. The van der Waals surface area contributed by atoms with Crippen molar-refractivity contribution in [2.75, 3.05) is 32.7 Å². The number of piperidine rings is 2. The van der Waals surface area contributed by atoms with Crippen molar-refractivity contribution in [1.29, 1.82) is 0 Å². The molecule has 34 heavy (non-hydrogen) atoms. The monoisotopic (exact) mass is 490 g/mol. The number of amides is 3. The van der Waals surface area contributed by atoms with Crippen LogP contribution in [0.5, 0.6) is 0 Å². The van der Waals surface area contributed by atoms with Crippen molar-refractivity contribution in [1.82, 2.24) is 15.1 Å². The molecular formula is C26H39ClN4O3. The predicted octanol–water partition coefficient (Wildman–Crippen LogP) is 3.02. The van der Waals surface area contributed by atoms with Crippen LogP contribution in [-0.4, -0.2) is 66.3 Å². The molecule has 2 aliphatic rings. The molecule has 1 aromatic rings. The van der Waals surface area contributed by atoms with Gasteiger partial charge in [-0.3, -0.25) is 19.3 Å². The largest absolute Gasteiger partial charge is 0.369 e. The van der Waals surface area contributed by atoms with Crippen LogP contribution in [0.25, 0.3) is 0 Å². The first-order valence-corrected chi connectivity index (χ1v) is 12.7. The molecule has 3 amide bonds. The second-order valence-corrected chi connectivity index (χ2v) is 11.3. The number of nitrogens with zero attached hydrogens (tertiary/aromatic N) is 2. The Bertz CT molecular complexity index is 879. The van der Waals surface area contributed by atoms with Gasteiger partial charge >= 0.3 is 0 Å². The molecule has 188 valence electrons. The summed E-state index contributed by atoms with van der Waals surface area (Å²) in [6.45, 7) is 11.2. The highest BCUT2D eigenvalue weighted by molar-refractivity contribution is 6.30. The van der Waals surface area contributed by atoms with Gasteiger partial charge in [0.1, 0.15) is 6.04 Å². The third-order valence-electron chi connectivity index (χ3n) is 7.42. The molecule has 1 unspecified atom stereocenters. The van der Waals surface area contributed by atoms with Crippen molar-refractivity contribution in [3.05, 3.63) is 34.9 Å². The quantitative estimate of drug-likeness (QED) is 0.614. The number of hydrogen-bond donors (Lipinski definition) is 2. The van der Waals surface area contributed by atoms with Crippen LogP contribution in [0.4, 0.5) is 0 Å². The molecule has 2 aliphatic heterocycles. The van der Waals surface area contributed by atoms with Gasteiger partial charge < -0.3 is 16.0 Å². The fourth-order valence-corrected chi connectivity index (χ4v) is 5.49. The molecule has 2 atom stereocenters. The molecule has 1 aromatic carbocycles. The summed E-state index contributed by atoms with van der Waals surface area (Å²) in [5.74, 6) is -0.225. The van der Waals surface area contributed by atoms with Crippen molar-refractivity contribution < 1.29 is 14.4 Å². The summed E-state index contributed by atoms with van der Waals surface area (Å²) in [4.78, 5) is 41.6. The SMILES string of the molecule is CC(C)[C@@H](NC(=O)CN1CCC(C(N)=O)CC1)C(=O)N1CCC(c2ccc(Cl)cc2)C(C)(C)C1. The Morgan fingerprint density at radius 2 is 1.71 bits per heavy atom. The first-order chi connectivity index (χ1) is 16.0. The van der Waals surface area contributed by atoms with Crippen LogP contribution in [0.15, 0.2) is 24.3 Å². The van der Waals surface area contributed by atoms with Crippen LogP contribution in [-0.2, 0) is 14.4 Å². The number of halogens is 1. The molecule has 3 N–H and O–H groups in total. The zero-order valence-electron chi connectivity index (χ0n) is 20.9. The van der Waals surface area contributed by atoms with Crippen molar-refractivity contribution in [2.24, 2.45) is 23.0 Å². The Morgan fingerprint density at radius 3 is 2.24 bits per heavy atom. The molecule has 0 saturated carbocycles. The summed E-state index contributed by atoms with van der Waals surface area (Å²) < 4.78 is 0. The fraction of sp³-hybridized carbons (Fsp3) is 0.654. The highest BCUT2D eigenvalue weighted by atomic mass is 35.5. The lowest BCUT2D eigenvalue weighted by molar-refractivity contribution is -0.141. The highest BCUT2D eigenvalue weighted by Gasteiger charge is 2.40. The normalized spacial score (nSPS) is 22.4. The van der Waals surface area contributed by atoms with Gasteiger partial charge in [0, 0.05) is 24.0 Å². The molecule has 3 rings (SSSR count). The topological polar surface area (TPSA) is 95.7 Å². The molecular weight excluding hydrogens is 452 g/mol. The van der Waals surface area contributed by atoms with Crippen molar-refractivity contribution in [3.8, 4) is 0 Å². The molecule has 7 nitrogen and oxygen atoms in total. The molecule has 0 aromatic heterocycles.